The van der Waals surface area contributed by atoms with Gasteiger partial charge >= 0.3 is 0 Å². The van der Waals surface area contributed by atoms with Crippen molar-refractivity contribution in [2.45, 2.75) is 19.5 Å². The van der Waals surface area contributed by atoms with Crippen molar-refractivity contribution in [1.29, 1.82) is 0 Å². The summed E-state index contributed by atoms with van der Waals surface area (Å²) in [5, 5.41) is 5.08. The van der Waals surface area contributed by atoms with Gasteiger partial charge in [-0.1, -0.05) is 42.5 Å². The van der Waals surface area contributed by atoms with Crippen LogP contribution in [0.5, 0.6) is 5.75 Å². The summed E-state index contributed by atoms with van der Waals surface area (Å²) < 4.78 is 18.8. The molecule has 1 atom stereocenters. The first-order chi connectivity index (χ1) is 13.0. The number of ether oxygens (including phenoxy) is 1. The van der Waals surface area contributed by atoms with Crippen molar-refractivity contribution < 1.29 is 13.9 Å². The predicted molar refractivity (Wildman–Crippen MR) is 106 cm³/mol. The van der Waals surface area contributed by atoms with Crippen molar-refractivity contribution in [2.75, 3.05) is 19.5 Å². The Hall–Kier alpha value is -2.92. The highest BCUT2D eigenvalue weighted by Gasteiger charge is 2.19. The highest BCUT2D eigenvalue weighted by molar-refractivity contribution is 6.03. The maximum Gasteiger partial charge on any atom is 0.241 e. The van der Waals surface area contributed by atoms with Gasteiger partial charge in [0.25, 0.3) is 0 Å². The molecule has 27 heavy (non-hydrogen) atoms. The number of rotatable bonds is 6. The van der Waals surface area contributed by atoms with Crippen LogP contribution < -0.4 is 10.1 Å². The number of nitrogens with zero attached hydrogens (tertiary/aromatic N) is 1. The zero-order valence-corrected chi connectivity index (χ0v) is 15.7. The first kappa shape index (κ1) is 18.9. The van der Waals surface area contributed by atoms with Crippen LogP contribution in [-0.2, 0) is 11.3 Å². The van der Waals surface area contributed by atoms with Crippen molar-refractivity contribution in [2.24, 2.45) is 0 Å². The minimum atomic E-state index is -0.406. The van der Waals surface area contributed by atoms with Gasteiger partial charge in [-0.05, 0) is 43.1 Å². The van der Waals surface area contributed by atoms with Crippen LogP contribution >= 0.6 is 0 Å². The number of carbonyl (C=O) groups excluding carboxylic acids is 1. The van der Waals surface area contributed by atoms with Crippen molar-refractivity contribution in [3.8, 4) is 5.75 Å². The van der Waals surface area contributed by atoms with E-state index < -0.39 is 5.82 Å². The van der Waals surface area contributed by atoms with Crippen LogP contribution in [0.1, 0.15) is 12.5 Å². The molecule has 0 spiro atoms. The van der Waals surface area contributed by atoms with Gasteiger partial charge in [-0.25, -0.2) is 4.39 Å². The second-order valence-electron chi connectivity index (χ2n) is 6.58. The number of anilines is 1. The number of amides is 1. The Bertz CT molecular complexity index is 953. The number of hydrogen-bond acceptors (Lipinski definition) is 3. The second kappa shape index (κ2) is 8.18. The molecular formula is C22H23FN2O2. The maximum absolute atomic E-state index is 13.9. The fourth-order valence-corrected chi connectivity index (χ4v) is 3.00. The summed E-state index contributed by atoms with van der Waals surface area (Å²) in [6.07, 6.45) is 0. The highest BCUT2D eigenvalue weighted by Crippen LogP contribution is 2.23. The zero-order valence-electron chi connectivity index (χ0n) is 15.7. The molecule has 0 saturated heterocycles. The van der Waals surface area contributed by atoms with Crippen molar-refractivity contribution in [1.82, 2.24) is 4.90 Å². The Morgan fingerprint density at radius 2 is 1.89 bits per heavy atom. The molecule has 0 aliphatic carbocycles. The Morgan fingerprint density at radius 1 is 1.15 bits per heavy atom. The van der Waals surface area contributed by atoms with E-state index in [2.05, 4.69) is 5.32 Å². The van der Waals surface area contributed by atoms with E-state index in [1.54, 1.807) is 12.1 Å². The molecule has 1 N–H and O–H groups in total. The summed E-state index contributed by atoms with van der Waals surface area (Å²) in [5.41, 5.74) is 1.56. The smallest absolute Gasteiger partial charge is 0.241 e. The van der Waals surface area contributed by atoms with E-state index in [1.165, 1.54) is 13.2 Å². The molecule has 0 heterocycles. The first-order valence-electron chi connectivity index (χ1n) is 8.81. The number of fused-ring (bicyclic) bond motifs is 1. The van der Waals surface area contributed by atoms with Crippen molar-refractivity contribution in [3.63, 3.8) is 0 Å². The van der Waals surface area contributed by atoms with E-state index in [0.717, 1.165) is 22.0 Å². The van der Waals surface area contributed by atoms with E-state index in [1.807, 2.05) is 61.3 Å². The molecule has 0 bridgehead atoms. The third-order valence-corrected chi connectivity index (χ3v) is 4.74. The molecule has 0 radical (unpaired) electrons. The molecule has 0 saturated carbocycles. The van der Waals surface area contributed by atoms with Crippen LogP contribution in [0.2, 0.25) is 0 Å². The van der Waals surface area contributed by atoms with E-state index in [4.69, 9.17) is 4.74 Å². The molecule has 140 valence electrons. The number of carbonyl (C=O) groups is 1. The number of nitrogens with one attached hydrogen (secondary N) is 1. The maximum atomic E-state index is 13.9. The van der Waals surface area contributed by atoms with Gasteiger partial charge in [0.15, 0.2) is 11.6 Å². The van der Waals surface area contributed by atoms with Crippen LogP contribution in [0.3, 0.4) is 0 Å². The molecule has 3 rings (SSSR count). The van der Waals surface area contributed by atoms with Crippen molar-refractivity contribution >= 4 is 22.4 Å². The van der Waals surface area contributed by atoms with Gasteiger partial charge in [0.1, 0.15) is 0 Å². The summed E-state index contributed by atoms with van der Waals surface area (Å²) in [5.74, 6) is -0.303. The van der Waals surface area contributed by atoms with Crippen LogP contribution in [0.15, 0.2) is 60.7 Å². The van der Waals surface area contributed by atoms with Gasteiger partial charge in [0.05, 0.1) is 13.2 Å². The molecule has 4 nitrogen and oxygen atoms in total. The van der Waals surface area contributed by atoms with E-state index >= 15 is 0 Å². The Morgan fingerprint density at radius 3 is 2.63 bits per heavy atom. The number of halogens is 1. The minimum absolute atomic E-state index is 0.108. The van der Waals surface area contributed by atoms with Gasteiger partial charge in [-0.15, -0.1) is 0 Å². The third-order valence-electron chi connectivity index (χ3n) is 4.74. The van der Waals surface area contributed by atoms with E-state index in [0.29, 0.717) is 6.54 Å². The molecule has 1 amide bonds. The third kappa shape index (κ3) is 4.26. The molecule has 0 fully saturated rings. The SMILES string of the molecule is COc1ccc(CN(C)C(C)C(=O)Nc2cccc3ccccc23)cc1F. The lowest BCUT2D eigenvalue weighted by Crippen LogP contribution is -2.39. The van der Waals surface area contributed by atoms with Crippen LogP contribution in [0, 0.1) is 5.82 Å². The highest BCUT2D eigenvalue weighted by atomic mass is 19.1. The van der Waals surface area contributed by atoms with Gasteiger partial charge in [-0.2, -0.15) is 0 Å². The number of hydrogen-bond donors (Lipinski definition) is 1. The molecule has 3 aromatic carbocycles. The lowest BCUT2D eigenvalue weighted by Gasteiger charge is -2.24. The summed E-state index contributed by atoms with van der Waals surface area (Å²) in [6, 6.07) is 18.2. The van der Waals surface area contributed by atoms with Crippen molar-refractivity contribution in [3.05, 3.63) is 72.0 Å². The molecule has 0 aliphatic heterocycles. The fourth-order valence-electron chi connectivity index (χ4n) is 3.00. The summed E-state index contributed by atoms with van der Waals surface area (Å²) >= 11 is 0. The largest absolute Gasteiger partial charge is 0.494 e. The second-order valence-corrected chi connectivity index (χ2v) is 6.58. The monoisotopic (exact) mass is 366 g/mol. The molecule has 1 unspecified atom stereocenters. The normalized spacial score (nSPS) is 12.2. The first-order valence-corrected chi connectivity index (χ1v) is 8.81. The molecule has 0 aliphatic rings. The lowest BCUT2D eigenvalue weighted by molar-refractivity contribution is -0.120. The standard InChI is InChI=1S/C22H23FN2O2/c1-15(25(2)14-16-11-12-21(27-3)19(23)13-16)22(26)24-20-10-6-8-17-7-4-5-9-18(17)20/h4-13,15H,14H2,1-3H3,(H,24,26). The quantitative estimate of drug-likeness (QED) is 0.701. The van der Waals surface area contributed by atoms with Gasteiger partial charge < -0.3 is 10.1 Å². The minimum Gasteiger partial charge on any atom is -0.494 e. The van der Waals surface area contributed by atoms with E-state index in [-0.39, 0.29) is 17.7 Å². The van der Waals surface area contributed by atoms with Gasteiger partial charge in [-0.3, -0.25) is 9.69 Å². The Kier molecular flexibility index (Phi) is 5.72. The molecular weight excluding hydrogens is 343 g/mol. The Balaban J connectivity index is 1.70. The zero-order chi connectivity index (χ0) is 19.4. The van der Waals surface area contributed by atoms with Crippen LogP contribution in [0.4, 0.5) is 10.1 Å². The number of benzene rings is 3. The average molecular weight is 366 g/mol. The molecule has 0 aromatic heterocycles. The summed E-state index contributed by atoms with van der Waals surface area (Å²) in [6.45, 7) is 2.28. The average Bonchev–Trinajstić information content (AvgIpc) is 2.67. The molecule has 3 aromatic rings. The molecule has 5 heteroatoms. The van der Waals surface area contributed by atoms with E-state index in [9.17, 15) is 9.18 Å². The topological polar surface area (TPSA) is 41.6 Å². The number of methoxy groups -OCH3 is 1. The predicted octanol–water partition coefficient (Wildman–Crippen LogP) is 4.45. The van der Waals surface area contributed by atoms with Gasteiger partial charge in [0, 0.05) is 17.6 Å². The van der Waals surface area contributed by atoms with Gasteiger partial charge in [0.2, 0.25) is 5.91 Å². The number of likely N-dealkylation sites (N-methyl/N-ethyl adjacent to an activating group) is 1. The summed E-state index contributed by atoms with van der Waals surface area (Å²) in [4.78, 5) is 14.6. The lowest BCUT2D eigenvalue weighted by atomic mass is 10.1. The van der Waals surface area contributed by atoms with Crippen LogP contribution in [0.25, 0.3) is 10.8 Å². The Labute approximate surface area is 158 Å². The summed E-state index contributed by atoms with van der Waals surface area (Å²) in [7, 11) is 3.28. The fraction of sp³-hybridized carbons (Fsp3) is 0.227. The van der Waals surface area contributed by atoms with Crippen LogP contribution in [-0.4, -0.2) is 31.0 Å².